The largest absolute Gasteiger partial charge is 0.368 e. The van der Waals surface area contributed by atoms with Crippen molar-refractivity contribution >= 4 is 17.5 Å². The topological polar surface area (TPSA) is 84.2 Å². The molecule has 0 saturated heterocycles. The third kappa shape index (κ3) is 2.09. The van der Waals surface area contributed by atoms with Crippen LogP contribution >= 0.6 is 0 Å². The molecule has 2 amide bonds. The molecule has 2 atom stereocenters. The molecule has 0 aromatic heterocycles. The molecule has 4 N–H and O–H groups in total. The average molecular weight is 247 g/mol. The summed E-state index contributed by atoms with van der Waals surface area (Å²) in [7, 11) is 0. The molecule has 1 heterocycles. The first-order chi connectivity index (χ1) is 8.40. The number of primary amides is 1. The van der Waals surface area contributed by atoms with Crippen molar-refractivity contribution in [2.75, 3.05) is 5.32 Å². The summed E-state index contributed by atoms with van der Waals surface area (Å²) in [5.41, 5.74) is 9.03. The molecular formula is C13H17N3O2. The zero-order chi connectivity index (χ0) is 13.4. The highest BCUT2D eigenvalue weighted by Crippen LogP contribution is 2.34. The average Bonchev–Trinajstić information content (AvgIpc) is 2.57. The van der Waals surface area contributed by atoms with Crippen LogP contribution in [0.1, 0.15) is 29.7 Å². The fourth-order valence-electron chi connectivity index (χ4n) is 2.23. The first-order valence-corrected chi connectivity index (χ1v) is 5.87. The van der Waals surface area contributed by atoms with Gasteiger partial charge in [-0.05, 0) is 26.3 Å². The van der Waals surface area contributed by atoms with Crippen molar-refractivity contribution in [1.29, 1.82) is 0 Å². The Morgan fingerprint density at radius 3 is 2.72 bits per heavy atom. The van der Waals surface area contributed by atoms with Gasteiger partial charge in [-0.25, -0.2) is 0 Å². The van der Waals surface area contributed by atoms with Crippen LogP contribution in [0, 0.1) is 13.8 Å². The normalized spacial score (nSPS) is 19.3. The van der Waals surface area contributed by atoms with Crippen molar-refractivity contribution in [3.63, 3.8) is 0 Å². The second-order valence-corrected chi connectivity index (χ2v) is 4.76. The van der Waals surface area contributed by atoms with Crippen molar-refractivity contribution in [3.05, 3.63) is 28.8 Å². The lowest BCUT2D eigenvalue weighted by atomic mass is 10.0. The molecule has 5 nitrogen and oxygen atoms in total. The molecule has 2 rings (SSSR count). The van der Waals surface area contributed by atoms with Crippen molar-refractivity contribution in [1.82, 2.24) is 5.32 Å². The smallest absolute Gasteiger partial charge is 0.246 e. The van der Waals surface area contributed by atoms with Gasteiger partial charge in [0.1, 0.15) is 6.04 Å². The molecule has 0 aliphatic carbocycles. The summed E-state index contributed by atoms with van der Waals surface area (Å²) in [5.74, 6) is -0.618. The summed E-state index contributed by atoms with van der Waals surface area (Å²) in [6, 6.07) is 2.90. The number of nitrogens with two attached hydrogens (primary N) is 1. The second kappa shape index (κ2) is 4.42. The van der Waals surface area contributed by atoms with Gasteiger partial charge in [0.15, 0.2) is 0 Å². The van der Waals surface area contributed by atoms with E-state index in [2.05, 4.69) is 10.6 Å². The van der Waals surface area contributed by atoms with E-state index in [-0.39, 0.29) is 5.91 Å². The standard InChI is InChI=1S/C13H17N3O2/c1-6-4-7(2)10-9(5-6)11(13(18)16-10)15-8(3)12(14)17/h4-5,8,11,15H,1-3H3,(H2,14,17)(H,16,18). The molecule has 0 fully saturated rings. The number of anilines is 1. The Morgan fingerprint density at radius 1 is 1.44 bits per heavy atom. The molecule has 0 radical (unpaired) electrons. The second-order valence-electron chi connectivity index (χ2n) is 4.76. The van der Waals surface area contributed by atoms with Gasteiger partial charge in [-0.1, -0.05) is 17.7 Å². The lowest BCUT2D eigenvalue weighted by Crippen LogP contribution is -2.42. The molecule has 1 aliphatic heterocycles. The summed E-state index contributed by atoms with van der Waals surface area (Å²) in [6.45, 7) is 5.58. The number of benzene rings is 1. The maximum atomic E-state index is 11.9. The number of amides is 2. The van der Waals surface area contributed by atoms with E-state index in [1.54, 1.807) is 6.92 Å². The number of carbonyl (C=O) groups excluding carboxylic acids is 2. The van der Waals surface area contributed by atoms with Gasteiger partial charge in [0.05, 0.1) is 6.04 Å². The number of aryl methyl sites for hydroxylation is 2. The van der Waals surface area contributed by atoms with E-state index >= 15 is 0 Å². The van der Waals surface area contributed by atoms with Crippen LogP contribution in [0.4, 0.5) is 5.69 Å². The lowest BCUT2D eigenvalue weighted by molar-refractivity contribution is -0.121. The summed E-state index contributed by atoms with van der Waals surface area (Å²) < 4.78 is 0. The van der Waals surface area contributed by atoms with E-state index in [0.29, 0.717) is 0 Å². The van der Waals surface area contributed by atoms with E-state index in [9.17, 15) is 9.59 Å². The van der Waals surface area contributed by atoms with Gasteiger partial charge in [0.2, 0.25) is 11.8 Å². The minimum Gasteiger partial charge on any atom is -0.368 e. The van der Waals surface area contributed by atoms with Gasteiger partial charge in [-0.15, -0.1) is 0 Å². The Labute approximate surface area is 106 Å². The van der Waals surface area contributed by atoms with Gasteiger partial charge in [0.25, 0.3) is 0 Å². The Morgan fingerprint density at radius 2 is 2.11 bits per heavy atom. The summed E-state index contributed by atoms with van der Waals surface area (Å²) in [6.07, 6.45) is 0. The third-order valence-electron chi connectivity index (χ3n) is 3.18. The molecule has 0 bridgehead atoms. The van der Waals surface area contributed by atoms with Crippen LogP contribution in [-0.4, -0.2) is 17.9 Å². The van der Waals surface area contributed by atoms with Gasteiger partial charge in [-0.3, -0.25) is 14.9 Å². The number of nitrogens with one attached hydrogen (secondary N) is 2. The van der Waals surface area contributed by atoms with Crippen molar-refractivity contribution in [2.24, 2.45) is 5.73 Å². The maximum absolute atomic E-state index is 11.9. The first kappa shape index (κ1) is 12.6. The molecule has 96 valence electrons. The highest BCUT2D eigenvalue weighted by molar-refractivity contribution is 6.03. The third-order valence-corrected chi connectivity index (χ3v) is 3.18. The molecule has 2 unspecified atom stereocenters. The van der Waals surface area contributed by atoms with E-state index in [4.69, 9.17) is 5.73 Å². The fraction of sp³-hybridized carbons (Fsp3) is 0.385. The van der Waals surface area contributed by atoms with E-state index in [0.717, 1.165) is 22.4 Å². The molecule has 0 saturated carbocycles. The predicted octanol–water partition coefficient (Wildman–Crippen LogP) is 0.760. The van der Waals surface area contributed by atoms with Gasteiger partial charge in [-0.2, -0.15) is 0 Å². The molecule has 18 heavy (non-hydrogen) atoms. The highest BCUT2D eigenvalue weighted by atomic mass is 16.2. The van der Waals surface area contributed by atoms with Crippen LogP contribution in [0.5, 0.6) is 0 Å². The van der Waals surface area contributed by atoms with Crippen LogP contribution in [0.3, 0.4) is 0 Å². The zero-order valence-corrected chi connectivity index (χ0v) is 10.7. The first-order valence-electron chi connectivity index (χ1n) is 5.87. The summed E-state index contributed by atoms with van der Waals surface area (Å²) in [4.78, 5) is 23.0. The molecule has 0 spiro atoms. The van der Waals surface area contributed by atoms with Gasteiger partial charge < -0.3 is 11.1 Å². The van der Waals surface area contributed by atoms with E-state index < -0.39 is 18.0 Å². The number of carbonyl (C=O) groups is 2. The molecule has 1 aromatic carbocycles. The Balaban J connectivity index is 2.36. The van der Waals surface area contributed by atoms with Crippen molar-refractivity contribution in [2.45, 2.75) is 32.9 Å². The van der Waals surface area contributed by atoms with Crippen LogP contribution < -0.4 is 16.4 Å². The zero-order valence-electron chi connectivity index (χ0n) is 10.7. The van der Waals surface area contributed by atoms with Crippen LogP contribution in [-0.2, 0) is 9.59 Å². The molecular weight excluding hydrogens is 230 g/mol. The van der Waals surface area contributed by atoms with E-state index in [1.807, 2.05) is 26.0 Å². The minimum absolute atomic E-state index is 0.146. The number of hydrogen-bond donors (Lipinski definition) is 3. The predicted molar refractivity (Wildman–Crippen MR) is 69.1 cm³/mol. The lowest BCUT2D eigenvalue weighted by Gasteiger charge is -2.16. The Bertz CT molecular complexity index is 525. The molecule has 1 aliphatic rings. The maximum Gasteiger partial charge on any atom is 0.246 e. The quantitative estimate of drug-likeness (QED) is 0.737. The van der Waals surface area contributed by atoms with Crippen LogP contribution in [0.2, 0.25) is 0 Å². The van der Waals surface area contributed by atoms with Crippen LogP contribution in [0.25, 0.3) is 0 Å². The summed E-state index contributed by atoms with van der Waals surface area (Å²) in [5, 5.41) is 5.79. The monoisotopic (exact) mass is 247 g/mol. The van der Waals surface area contributed by atoms with Crippen molar-refractivity contribution < 1.29 is 9.59 Å². The van der Waals surface area contributed by atoms with Crippen molar-refractivity contribution in [3.8, 4) is 0 Å². The SMILES string of the molecule is Cc1cc(C)c2c(c1)C(NC(C)C(N)=O)C(=O)N2. The fourth-order valence-corrected chi connectivity index (χ4v) is 2.23. The summed E-state index contributed by atoms with van der Waals surface area (Å²) >= 11 is 0. The van der Waals surface area contributed by atoms with Gasteiger partial charge >= 0.3 is 0 Å². The Hall–Kier alpha value is -1.88. The Kier molecular flexibility index (Phi) is 3.09. The number of hydrogen-bond acceptors (Lipinski definition) is 3. The molecule has 5 heteroatoms. The van der Waals surface area contributed by atoms with Gasteiger partial charge in [0, 0.05) is 11.3 Å². The highest BCUT2D eigenvalue weighted by Gasteiger charge is 2.33. The van der Waals surface area contributed by atoms with E-state index in [1.165, 1.54) is 0 Å². The van der Waals surface area contributed by atoms with Crippen LogP contribution in [0.15, 0.2) is 12.1 Å². The molecule has 1 aromatic rings. The number of fused-ring (bicyclic) bond motifs is 1. The minimum atomic E-state index is -0.549. The number of rotatable bonds is 3.